The molecule has 0 spiro atoms. The van der Waals surface area contributed by atoms with Crippen molar-refractivity contribution >= 4 is 38.4 Å². The number of nitrogens with zero attached hydrogens (tertiary/aromatic N) is 1. The van der Waals surface area contributed by atoms with Crippen molar-refractivity contribution in [2.45, 2.75) is 0 Å². The van der Waals surface area contributed by atoms with Crippen LogP contribution in [0, 0.1) is 0 Å². The molecule has 5 heteroatoms. The fourth-order valence-electron chi connectivity index (χ4n) is 1.40. The quantitative estimate of drug-likeness (QED) is 0.770. The normalized spacial score (nSPS) is 10.5. The Hall–Kier alpha value is -1.62. The number of rotatable bonds is 1. The first-order chi connectivity index (χ1) is 7.11. The van der Waals surface area contributed by atoms with Gasteiger partial charge in [0, 0.05) is 11.6 Å². The molecule has 0 radical (unpaired) electrons. The number of carbonyl (C=O) groups is 1. The van der Waals surface area contributed by atoms with Crippen molar-refractivity contribution in [2.24, 2.45) is 5.73 Å². The van der Waals surface area contributed by atoms with Gasteiger partial charge in [0.05, 0.1) is 21.2 Å². The van der Waals surface area contributed by atoms with Gasteiger partial charge in [0.25, 0.3) is 5.91 Å². The second kappa shape index (κ2) is 3.51. The van der Waals surface area contributed by atoms with Crippen molar-refractivity contribution < 1.29 is 4.79 Å². The van der Waals surface area contributed by atoms with Crippen molar-refractivity contribution in [3.8, 4) is 0 Å². The molecule has 1 aromatic heterocycles. The zero-order valence-corrected chi connectivity index (χ0v) is 9.28. The molecular weight excluding hydrogens is 258 g/mol. The maximum atomic E-state index is 11.1. The van der Waals surface area contributed by atoms with Crippen LogP contribution in [0.1, 0.15) is 10.4 Å². The van der Waals surface area contributed by atoms with Gasteiger partial charge in [0.15, 0.2) is 0 Å². The van der Waals surface area contributed by atoms with Crippen molar-refractivity contribution in [1.29, 1.82) is 0 Å². The van der Waals surface area contributed by atoms with E-state index < -0.39 is 5.91 Å². The van der Waals surface area contributed by atoms with Gasteiger partial charge in [-0.3, -0.25) is 9.78 Å². The molecule has 4 N–H and O–H groups in total. The SMILES string of the molecule is NC(=O)c1cc2cccnc2c(Br)c1N. The van der Waals surface area contributed by atoms with Crippen LogP contribution < -0.4 is 11.5 Å². The largest absolute Gasteiger partial charge is 0.397 e. The molecule has 0 aliphatic carbocycles. The molecule has 2 aromatic rings. The lowest BCUT2D eigenvalue weighted by atomic mass is 10.1. The molecule has 0 bridgehead atoms. The van der Waals surface area contributed by atoms with Crippen LogP contribution >= 0.6 is 15.9 Å². The maximum absolute atomic E-state index is 11.1. The molecule has 0 aliphatic rings. The molecule has 0 unspecified atom stereocenters. The molecule has 4 nitrogen and oxygen atoms in total. The number of nitrogen functional groups attached to an aromatic ring is 1. The number of aromatic nitrogens is 1. The third-order valence-corrected chi connectivity index (χ3v) is 2.94. The second-order valence-corrected chi connectivity index (χ2v) is 3.88. The highest BCUT2D eigenvalue weighted by molar-refractivity contribution is 9.10. The average Bonchev–Trinajstić information content (AvgIpc) is 2.23. The number of fused-ring (bicyclic) bond motifs is 1. The number of anilines is 1. The number of amides is 1. The summed E-state index contributed by atoms with van der Waals surface area (Å²) in [5, 5.41) is 0.826. The van der Waals surface area contributed by atoms with E-state index in [4.69, 9.17) is 11.5 Å². The van der Waals surface area contributed by atoms with Crippen LogP contribution in [0.3, 0.4) is 0 Å². The van der Waals surface area contributed by atoms with Gasteiger partial charge in [-0.1, -0.05) is 6.07 Å². The van der Waals surface area contributed by atoms with Crippen molar-refractivity contribution in [3.63, 3.8) is 0 Å². The number of halogens is 1. The third-order valence-electron chi connectivity index (χ3n) is 2.14. The van der Waals surface area contributed by atoms with E-state index in [-0.39, 0.29) is 0 Å². The fourth-order valence-corrected chi connectivity index (χ4v) is 1.95. The zero-order valence-electron chi connectivity index (χ0n) is 7.70. The summed E-state index contributed by atoms with van der Waals surface area (Å²) >= 11 is 3.30. The second-order valence-electron chi connectivity index (χ2n) is 3.09. The van der Waals surface area contributed by atoms with Crippen LogP contribution in [-0.4, -0.2) is 10.9 Å². The van der Waals surface area contributed by atoms with E-state index in [1.807, 2.05) is 6.07 Å². The van der Waals surface area contributed by atoms with Gasteiger partial charge in [0.1, 0.15) is 0 Å². The summed E-state index contributed by atoms with van der Waals surface area (Å²) in [4.78, 5) is 15.3. The summed E-state index contributed by atoms with van der Waals surface area (Å²) in [5.74, 6) is -0.543. The summed E-state index contributed by atoms with van der Waals surface area (Å²) in [5.41, 5.74) is 12.3. The lowest BCUT2D eigenvalue weighted by Gasteiger charge is -2.07. The molecule has 0 atom stereocenters. The minimum atomic E-state index is -0.543. The van der Waals surface area contributed by atoms with E-state index in [1.54, 1.807) is 18.3 Å². The Morgan fingerprint density at radius 3 is 2.87 bits per heavy atom. The molecular formula is C10H8BrN3O. The van der Waals surface area contributed by atoms with E-state index in [0.29, 0.717) is 15.7 Å². The first-order valence-electron chi connectivity index (χ1n) is 4.23. The molecule has 1 aromatic carbocycles. The summed E-state index contributed by atoms with van der Waals surface area (Å²) in [6.07, 6.45) is 1.66. The monoisotopic (exact) mass is 265 g/mol. The highest BCUT2D eigenvalue weighted by atomic mass is 79.9. The molecule has 15 heavy (non-hydrogen) atoms. The summed E-state index contributed by atoms with van der Waals surface area (Å²) in [6, 6.07) is 5.28. The Bertz CT molecular complexity index is 554. The van der Waals surface area contributed by atoms with Crippen molar-refractivity contribution in [1.82, 2.24) is 4.98 Å². The van der Waals surface area contributed by atoms with Crippen molar-refractivity contribution in [3.05, 3.63) is 34.4 Å². The van der Waals surface area contributed by atoms with E-state index in [2.05, 4.69) is 20.9 Å². The van der Waals surface area contributed by atoms with Gasteiger partial charge in [-0.25, -0.2) is 0 Å². The fraction of sp³-hybridized carbons (Fsp3) is 0. The molecule has 0 saturated carbocycles. The van der Waals surface area contributed by atoms with Gasteiger partial charge in [-0.2, -0.15) is 0 Å². The number of carbonyl (C=O) groups excluding carboxylic acids is 1. The number of nitrogens with two attached hydrogens (primary N) is 2. The van der Waals surface area contributed by atoms with Crippen molar-refractivity contribution in [2.75, 3.05) is 5.73 Å². The van der Waals surface area contributed by atoms with Crippen LogP contribution in [0.5, 0.6) is 0 Å². The van der Waals surface area contributed by atoms with Crippen LogP contribution in [-0.2, 0) is 0 Å². The van der Waals surface area contributed by atoms with E-state index in [9.17, 15) is 4.79 Å². The number of primary amides is 1. The highest BCUT2D eigenvalue weighted by Gasteiger charge is 2.12. The molecule has 1 amide bonds. The lowest BCUT2D eigenvalue weighted by molar-refractivity contribution is 0.100. The standard InChI is InChI=1S/C10H8BrN3O/c11-7-8(12)6(10(13)15)4-5-2-1-3-14-9(5)7/h1-4H,12H2,(H2,13,15). The highest BCUT2D eigenvalue weighted by Crippen LogP contribution is 2.30. The van der Waals surface area contributed by atoms with E-state index >= 15 is 0 Å². The number of pyridine rings is 1. The Morgan fingerprint density at radius 2 is 2.20 bits per heavy atom. The molecule has 1 heterocycles. The Morgan fingerprint density at radius 1 is 1.47 bits per heavy atom. The predicted molar refractivity (Wildman–Crippen MR) is 62.4 cm³/mol. The Labute approximate surface area is 94.4 Å². The predicted octanol–water partition coefficient (Wildman–Crippen LogP) is 1.68. The summed E-state index contributed by atoms with van der Waals surface area (Å²) < 4.78 is 0.606. The lowest BCUT2D eigenvalue weighted by Crippen LogP contribution is -2.14. The first kappa shape index (κ1) is 9.92. The maximum Gasteiger partial charge on any atom is 0.250 e. The minimum Gasteiger partial charge on any atom is -0.397 e. The van der Waals surface area contributed by atoms with Gasteiger partial charge in [-0.15, -0.1) is 0 Å². The van der Waals surface area contributed by atoms with Gasteiger partial charge < -0.3 is 11.5 Å². The Kier molecular flexibility index (Phi) is 2.32. The minimum absolute atomic E-state index is 0.308. The zero-order chi connectivity index (χ0) is 11.0. The summed E-state index contributed by atoms with van der Waals surface area (Å²) in [6.45, 7) is 0. The molecule has 0 saturated heterocycles. The topological polar surface area (TPSA) is 82.0 Å². The van der Waals surface area contributed by atoms with Crippen LogP contribution in [0.2, 0.25) is 0 Å². The molecule has 0 fully saturated rings. The smallest absolute Gasteiger partial charge is 0.250 e. The van der Waals surface area contributed by atoms with Crippen LogP contribution in [0.25, 0.3) is 10.9 Å². The first-order valence-corrected chi connectivity index (χ1v) is 5.03. The van der Waals surface area contributed by atoms with Gasteiger partial charge >= 0.3 is 0 Å². The number of benzene rings is 1. The Balaban J connectivity index is 2.88. The van der Waals surface area contributed by atoms with Crippen LogP contribution in [0.15, 0.2) is 28.9 Å². The molecule has 2 rings (SSSR count). The average molecular weight is 266 g/mol. The van der Waals surface area contributed by atoms with Gasteiger partial charge in [-0.05, 0) is 28.1 Å². The van der Waals surface area contributed by atoms with E-state index in [1.165, 1.54) is 0 Å². The molecule has 0 aliphatic heterocycles. The number of hydrogen-bond acceptors (Lipinski definition) is 3. The molecule has 76 valence electrons. The van der Waals surface area contributed by atoms with Crippen LogP contribution in [0.4, 0.5) is 5.69 Å². The number of hydrogen-bond donors (Lipinski definition) is 2. The third kappa shape index (κ3) is 1.55. The van der Waals surface area contributed by atoms with E-state index in [0.717, 1.165) is 10.9 Å². The summed E-state index contributed by atoms with van der Waals surface area (Å²) in [7, 11) is 0. The van der Waals surface area contributed by atoms with Gasteiger partial charge in [0.2, 0.25) is 0 Å².